The topological polar surface area (TPSA) is 81.9 Å². The van der Waals surface area contributed by atoms with Crippen LogP contribution in [0.2, 0.25) is 5.15 Å². The van der Waals surface area contributed by atoms with Gasteiger partial charge in [-0.15, -0.1) is 0 Å². The second-order valence-electron chi connectivity index (χ2n) is 5.86. The molecule has 136 valence electrons. The van der Waals surface area contributed by atoms with Gasteiger partial charge < -0.3 is 10.1 Å². The number of carbonyl (C=O) groups excluding carboxylic acids is 1. The van der Waals surface area contributed by atoms with E-state index in [-0.39, 0.29) is 0 Å². The Kier molecular flexibility index (Phi) is 6.51. The lowest BCUT2D eigenvalue weighted by Crippen LogP contribution is -2.29. The first-order valence-corrected chi connectivity index (χ1v) is 8.81. The molecular weight excluding hydrogens is 354 g/mol. The van der Waals surface area contributed by atoms with Crippen LogP contribution >= 0.6 is 11.6 Å². The van der Waals surface area contributed by atoms with Gasteiger partial charge in [0.25, 0.3) is 6.47 Å². The van der Waals surface area contributed by atoms with Crippen molar-refractivity contribution >= 4 is 29.1 Å². The summed E-state index contributed by atoms with van der Waals surface area (Å²) in [6.07, 6.45) is 5.40. The fourth-order valence-electron chi connectivity index (χ4n) is 2.86. The summed E-state index contributed by atoms with van der Waals surface area (Å²) in [5.74, 6) is 0. The molecule has 8 heteroatoms. The van der Waals surface area contributed by atoms with Crippen LogP contribution in [0.4, 0.5) is 0 Å². The first-order valence-electron chi connectivity index (χ1n) is 8.43. The SMILES string of the molecule is Clc1ncnc2c1cnn2C1CCNCC1.O=COCc1ccccc1. The largest absolute Gasteiger partial charge is 0.463 e. The molecule has 0 radical (unpaired) electrons. The molecule has 1 aromatic carbocycles. The third-order valence-corrected chi connectivity index (χ3v) is 4.46. The second-order valence-corrected chi connectivity index (χ2v) is 6.22. The van der Waals surface area contributed by atoms with Crippen LogP contribution in [0.25, 0.3) is 11.0 Å². The molecule has 3 heterocycles. The summed E-state index contributed by atoms with van der Waals surface area (Å²) in [7, 11) is 0. The Hall–Kier alpha value is -2.51. The normalized spacial score (nSPS) is 14.5. The van der Waals surface area contributed by atoms with E-state index >= 15 is 0 Å². The summed E-state index contributed by atoms with van der Waals surface area (Å²) in [5.41, 5.74) is 1.85. The van der Waals surface area contributed by atoms with Gasteiger partial charge in [-0.05, 0) is 31.5 Å². The molecule has 0 atom stereocenters. The van der Waals surface area contributed by atoms with Crippen LogP contribution in [0, 0.1) is 0 Å². The molecule has 0 unspecified atom stereocenters. The number of fused-ring (bicyclic) bond motifs is 1. The van der Waals surface area contributed by atoms with Crippen molar-refractivity contribution in [3.05, 3.63) is 53.6 Å². The summed E-state index contributed by atoms with van der Waals surface area (Å²) in [5, 5.41) is 9.03. The molecule has 1 fully saturated rings. The van der Waals surface area contributed by atoms with Gasteiger partial charge in [-0.1, -0.05) is 41.9 Å². The van der Waals surface area contributed by atoms with Gasteiger partial charge in [0.1, 0.15) is 18.1 Å². The standard InChI is InChI=1S/C10H12ClN5.C8H8O2/c11-9-8-5-15-16(10(8)14-6-13-9)7-1-3-12-4-2-7;9-7-10-6-8-4-2-1-3-5-8/h5-7,12H,1-4H2;1-5,7H,6H2. The number of carbonyl (C=O) groups is 1. The second kappa shape index (κ2) is 9.26. The summed E-state index contributed by atoms with van der Waals surface area (Å²) in [6.45, 7) is 2.88. The summed E-state index contributed by atoms with van der Waals surface area (Å²) < 4.78 is 6.51. The minimum absolute atomic E-state index is 0.365. The maximum atomic E-state index is 9.76. The molecule has 3 aromatic rings. The first kappa shape index (κ1) is 18.3. The molecule has 4 rings (SSSR count). The number of halogens is 1. The van der Waals surface area contributed by atoms with E-state index in [1.807, 2.05) is 35.0 Å². The zero-order chi connectivity index (χ0) is 18.2. The molecule has 7 nitrogen and oxygen atoms in total. The van der Waals surface area contributed by atoms with Crippen LogP contribution < -0.4 is 5.32 Å². The van der Waals surface area contributed by atoms with Crippen molar-refractivity contribution in [1.82, 2.24) is 25.1 Å². The number of benzene rings is 1. The first-order chi connectivity index (χ1) is 12.8. The number of hydrogen-bond acceptors (Lipinski definition) is 6. The maximum absolute atomic E-state index is 9.76. The number of hydrogen-bond donors (Lipinski definition) is 1. The molecule has 2 aromatic heterocycles. The van der Waals surface area contributed by atoms with Crippen molar-refractivity contribution in [2.24, 2.45) is 0 Å². The monoisotopic (exact) mass is 373 g/mol. The van der Waals surface area contributed by atoms with Crippen LogP contribution in [0.3, 0.4) is 0 Å². The predicted molar refractivity (Wildman–Crippen MR) is 98.8 cm³/mol. The summed E-state index contributed by atoms with van der Waals surface area (Å²) >= 11 is 5.99. The predicted octanol–water partition coefficient (Wildman–Crippen LogP) is 2.76. The van der Waals surface area contributed by atoms with Crippen molar-refractivity contribution < 1.29 is 9.53 Å². The number of aromatic nitrogens is 4. The highest BCUT2D eigenvalue weighted by Crippen LogP contribution is 2.25. The van der Waals surface area contributed by atoms with Crippen LogP contribution in [-0.4, -0.2) is 39.3 Å². The van der Waals surface area contributed by atoms with E-state index in [1.165, 1.54) is 6.33 Å². The van der Waals surface area contributed by atoms with Gasteiger partial charge in [0, 0.05) is 0 Å². The third-order valence-electron chi connectivity index (χ3n) is 4.16. The van der Waals surface area contributed by atoms with Crippen molar-refractivity contribution in [3.63, 3.8) is 0 Å². The van der Waals surface area contributed by atoms with Crippen molar-refractivity contribution in [2.45, 2.75) is 25.5 Å². The van der Waals surface area contributed by atoms with Gasteiger partial charge >= 0.3 is 0 Å². The minimum atomic E-state index is 0.365. The number of nitrogens with zero attached hydrogens (tertiary/aromatic N) is 4. The van der Waals surface area contributed by atoms with Crippen LogP contribution in [0.15, 0.2) is 42.9 Å². The van der Waals surface area contributed by atoms with E-state index in [1.54, 1.807) is 6.20 Å². The van der Waals surface area contributed by atoms with E-state index in [0.717, 1.165) is 42.5 Å². The van der Waals surface area contributed by atoms with Gasteiger partial charge in [-0.3, -0.25) is 4.79 Å². The lowest BCUT2D eigenvalue weighted by molar-refractivity contribution is -0.129. The molecule has 1 aliphatic rings. The fourth-order valence-corrected chi connectivity index (χ4v) is 3.03. The van der Waals surface area contributed by atoms with Gasteiger partial charge in [-0.2, -0.15) is 5.10 Å². The van der Waals surface area contributed by atoms with Gasteiger partial charge in [0.15, 0.2) is 5.65 Å². The zero-order valence-electron chi connectivity index (χ0n) is 14.2. The Bertz CT molecular complexity index is 834. The highest BCUT2D eigenvalue weighted by atomic mass is 35.5. The smallest absolute Gasteiger partial charge is 0.293 e. The Morgan fingerprint density at radius 3 is 2.73 bits per heavy atom. The third kappa shape index (κ3) is 4.56. The quantitative estimate of drug-likeness (QED) is 0.559. The van der Waals surface area contributed by atoms with Gasteiger partial charge in [0.05, 0.1) is 17.6 Å². The van der Waals surface area contributed by atoms with Crippen LogP contribution in [0.5, 0.6) is 0 Å². The lowest BCUT2D eigenvalue weighted by atomic mass is 10.1. The summed E-state index contributed by atoms with van der Waals surface area (Å²) in [4.78, 5) is 18.0. The fraction of sp³-hybridized carbons (Fsp3) is 0.333. The number of nitrogens with one attached hydrogen (secondary N) is 1. The average molecular weight is 374 g/mol. The van der Waals surface area contributed by atoms with Crippen molar-refractivity contribution in [1.29, 1.82) is 0 Å². The molecule has 0 bridgehead atoms. The highest BCUT2D eigenvalue weighted by molar-refractivity contribution is 6.33. The van der Waals surface area contributed by atoms with E-state index < -0.39 is 0 Å². The summed E-state index contributed by atoms with van der Waals surface area (Å²) in [6, 6.07) is 9.97. The molecule has 0 saturated carbocycles. The van der Waals surface area contributed by atoms with Crippen LogP contribution in [-0.2, 0) is 16.1 Å². The Balaban J connectivity index is 0.000000170. The number of rotatable bonds is 4. The van der Waals surface area contributed by atoms with Crippen LogP contribution in [0.1, 0.15) is 24.4 Å². The molecule has 1 aliphatic heterocycles. The molecule has 0 amide bonds. The van der Waals surface area contributed by atoms with E-state index in [0.29, 0.717) is 24.3 Å². The maximum Gasteiger partial charge on any atom is 0.293 e. The lowest BCUT2D eigenvalue weighted by Gasteiger charge is -2.23. The molecular formula is C18H20ClN5O2. The average Bonchev–Trinajstić information content (AvgIpc) is 3.14. The van der Waals surface area contributed by atoms with Crippen molar-refractivity contribution in [2.75, 3.05) is 13.1 Å². The van der Waals surface area contributed by atoms with Gasteiger partial charge in [0.2, 0.25) is 0 Å². The molecule has 0 aliphatic carbocycles. The minimum Gasteiger partial charge on any atom is -0.463 e. The van der Waals surface area contributed by atoms with E-state index in [9.17, 15) is 4.79 Å². The van der Waals surface area contributed by atoms with Gasteiger partial charge in [-0.25, -0.2) is 14.6 Å². The molecule has 1 N–H and O–H groups in total. The Morgan fingerprint density at radius 1 is 1.23 bits per heavy atom. The Morgan fingerprint density at radius 2 is 2.00 bits per heavy atom. The molecule has 1 saturated heterocycles. The highest BCUT2D eigenvalue weighted by Gasteiger charge is 2.19. The van der Waals surface area contributed by atoms with Crippen molar-refractivity contribution in [3.8, 4) is 0 Å². The zero-order valence-corrected chi connectivity index (χ0v) is 15.0. The van der Waals surface area contributed by atoms with E-state index in [2.05, 4.69) is 25.1 Å². The van der Waals surface area contributed by atoms with E-state index in [4.69, 9.17) is 11.6 Å². The number of piperidine rings is 1. The molecule has 26 heavy (non-hydrogen) atoms. The Labute approximate surface area is 156 Å². The number of ether oxygens (including phenoxy) is 1. The molecule has 0 spiro atoms.